The molecule has 0 aromatic rings. The van der Waals surface area contributed by atoms with Gasteiger partial charge in [0.05, 0.1) is 11.7 Å². The van der Waals surface area contributed by atoms with Crippen molar-refractivity contribution in [2.45, 2.75) is 0 Å². The summed E-state index contributed by atoms with van der Waals surface area (Å²) in [4.78, 5) is 9.80. The minimum absolute atomic E-state index is 0.144. The second-order valence-corrected chi connectivity index (χ2v) is 3.39. The first-order valence-corrected chi connectivity index (χ1v) is 5.13. The maximum absolute atomic E-state index is 9.80. The van der Waals surface area contributed by atoms with Gasteiger partial charge in [-0.2, -0.15) is 0 Å². The van der Waals surface area contributed by atoms with E-state index in [1.165, 1.54) is 23.5 Å². The number of hydrogen-bond donors (Lipinski definition) is 2. The van der Waals surface area contributed by atoms with Gasteiger partial charge < -0.3 is 9.90 Å². The van der Waals surface area contributed by atoms with E-state index in [1.54, 1.807) is 0 Å². The molecule has 0 saturated carbocycles. The maximum Gasteiger partial charge on any atom is 0.129 e. The molecule has 2 N–H and O–H groups in total. The van der Waals surface area contributed by atoms with E-state index in [0.29, 0.717) is 5.75 Å². The van der Waals surface area contributed by atoms with Crippen LogP contribution in [0.25, 0.3) is 0 Å². The summed E-state index contributed by atoms with van der Waals surface area (Å²) in [6.07, 6.45) is 0.880. The number of aldehydes is 1. The van der Waals surface area contributed by atoms with Crippen LogP contribution in [0.15, 0.2) is 0 Å². The lowest BCUT2D eigenvalue weighted by Crippen LogP contribution is -2.12. The van der Waals surface area contributed by atoms with E-state index in [0.717, 1.165) is 18.0 Å². The number of carbonyl (C=O) groups excluding carboxylic acids is 1. The Labute approximate surface area is 69.0 Å². The molecule has 60 valence electrons. The Balaban J connectivity index is 2.70. The molecule has 0 fully saturated rings. The fourth-order valence-electron chi connectivity index (χ4n) is 0.339. The van der Waals surface area contributed by atoms with Crippen LogP contribution in [0.4, 0.5) is 0 Å². The Bertz CT molecular complexity index is 82.0. The highest BCUT2D eigenvalue weighted by molar-refractivity contribution is 8.00. The van der Waals surface area contributed by atoms with E-state index >= 15 is 0 Å². The highest BCUT2D eigenvalue weighted by atomic mass is 32.2. The van der Waals surface area contributed by atoms with Gasteiger partial charge in [0, 0.05) is 11.8 Å². The van der Waals surface area contributed by atoms with Crippen LogP contribution in [-0.2, 0) is 4.79 Å². The Morgan fingerprint density at radius 2 is 2.10 bits per heavy atom. The third kappa shape index (κ3) is 8.29. The van der Waals surface area contributed by atoms with Crippen molar-refractivity contribution in [3.63, 3.8) is 0 Å². The summed E-state index contributed by atoms with van der Waals surface area (Å²) in [5.41, 5.74) is 0. The number of thioether (sulfide) groups is 2. The van der Waals surface area contributed by atoms with Crippen molar-refractivity contribution >= 4 is 29.8 Å². The van der Waals surface area contributed by atoms with Crippen molar-refractivity contribution in [3.8, 4) is 0 Å². The van der Waals surface area contributed by atoms with Crippen LogP contribution in [0.5, 0.6) is 0 Å². The summed E-state index contributed by atoms with van der Waals surface area (Å²) >= 11 is 2.94. The molecular weight excluding hydrogens is 170 g/mol. The molecule has 0 aromatic heterocycles. The van der Waals surface area contributed by atoms with Crippen LogP contribution in [-0.4, -0.2) is 34.8 Å². The van der Waals surface area contributed by atoms with Gasteiger partial charge in [0.25, 0.3) is 0 Å². The van der Waals surface area contributed by atoms with Crippen LogP contribution < -0.4 is 5.32 Å². The van der Waals surface area contributed by atoms with E-state index < -0.39 is 0 Å². The highest BCUT2D eigenvalue weighted by Gasteiger charge is 1.85. The quantitative estimate of drug-likeness (QED) is 0.331. The third-order valence-electron chi connectivity index (χ3n) is 0.685. The van der Waals surface area contributed by atoms with Crippen LogP contribution in [0.2, 0.25) is 0 Å². The summed E-state index contributed by atoms with van der Waals surface area (Å²) in [7, 11) is 0. The molecule has 0 aromatic carbocycles. The smallest absolute Gasteiger partial charge is 0.129 e. The van der Waals surface area contributed by atoms with Gasteiger partial charge in [0.15, 0.2) is 0 Å². The molecule has 0 spiro atoms. The molecule has 0 aliphatic heterocycles. The molecule has 0 amide bonds. The molecule has 0 aliphatic carbocycles. The predicted octanol–water partition coefficient (Wildman–Crippen LogP) is 0.106. The molecule has 5 heteroatoms. The summed E-state index contributed by atoms with van der Waals surface area (Å²) in [6, 6.07) is 0. The lowest BCUT2D eigenvalue weighted by molar-refractivity contribution is -0.105. The van der Waals surface area contributed by atoms with Crippen molar-refractivity contribution in [3.05, 3.63) is 0 Å². The normalized spacial score (nSPS) is 9.70. The predicted molar refractivity (Wildman–Crippen MR) is 46.1 cm³/mol. The van der Waals surface area contributed by atoms with E-state index in [9.17, 15) is 4.79 Å². The first kappa shape index (κ1) is 10.3. The van der Waals surface area contributed by atoms with Gasteiger partial charge in [-0.05, 0) is 0 Å². The molecule has 0 heterocycles. The summed E-state index contributed by atoms with van der Waals surface area (Å²) in [5.74, 6) is 2.19. The first-order valence-electron chi connectivity index (χ1n) is 2.82. The molecular formula is C5H11NO2S2. The number of rotatable bonds is 7. The van der Waals surface area contributed by atoms with E-state index in [-0.39, 0.29) is 5.94 Å². The van der Waals surface area contributed by atoms with E-state index in [4.69, 9.17) is 5.11 Å². The van der Waals surface area contributed by atoms with Gasteiger partial charge in [-0.3, -0.25) is 5.32 Å². The zero-order valence-corrected chi connectivity index (χ0v) is 7.21. The van der Waals surface area contributed by atoms with Crippen LogP contribution in [0.3, 0.4) is 0 Å². The first-order chi connectivity index (χ1) is 4.91. The maximum atomic E-state index is 9.80. The number of aliphatic hydroxyl groups is 1. The van der Waals surface area contributed by atoms with Crippen LogP contribution in [0, 0.1) is 0 Å². The van der Waals surface area contributed by atoms with Crippen LogP contribution in [0.1, 0.15) is 0 Å². The standard InChI is InChI=1S/C5H11NO2S2/c7-1-2-9-3-6-4-10-5-8/h1,6,8H,2-5H2. The molecule has 0 atom stereocenters. The molecule has 0 rings (SSSR count). The molecule has 0 radical (unpaired) electrons. The Morgan fingerprint density at radius 3 is 2.70 bits per heavy atom. The van der Waals surface area contributed by atoms with Crippen molar-refractivity contribution < 1.29 is 9.90 Å². The van der Waals surface area contributed by atoms with Crippen molar-refractivity contribution in [2.75, 3.05) is 23.4 Å². The summed E-state index contributed by atoms with van der Waals surface area (Å²) in [6.45, 7) is 0. The van der Waals surface area contributed by atoms with Crippen molar-refractivity contribution in [2.24, 2.45) is 0 Å². The van der Waals surface area contributed by atoms with Crippen molar-refractivity contribution in [1.82, 2.24) is 5.32 Å². The molecule has 0 aliphatic rings. The molecule has 0 bridgehead atoms. The lowest BCUT2D eigenvalue weighted by atomic mass is 10.9. The number of aliphatic hydroxyl groups excluding tert-OH is 1. The Morgan fingerprint density at radius 1 is 1.40 bits per heavy atom. The molecule has 0 unspecified atom stereocenters. The third-order valence-corrected chi connectivity index (χ3v) is 2.06. The second-order valence-electron chi connectivity index (χ2n) is 1.41. The van der Waals surface area contributed by atoms with Gasteiger partial charge in [-0.25, -0.2) is 0 Å². The largest absolute Gasteiger partial charge is 0.386 e. The monoisotopic (exact) mass is 181 g/mol. The number of hydrogen-bond acceptors (Lipinski definition) is 5. The second kappa shape index (κ2) is 9.29. The highest BCUT2D eigenvalue weighted by Crippen LogP contribution is 1.96. The zero-order valence-electron chi connectivity index (χ0n) is 5.58. The SMILES string of the molecule is O=CCSCNCSCO. The van der Waals surface area contributed by atoms with Gasteiger partial charge >= 0.3 is 0 Å². The number of nitrogens with one attached hydrogen (secondary N) is 1. The fourth-order valence-corrected chi connectivity index (χ4v) is 1.27. The fraction of sp³-hybridized carbons (Fsp3) is 0.800. The average molecular weight is 181 g/mol. The Hall–Kier alpha value is 0.290. The van der Waals surface area contributed by atoms with Crippen molar-refractivity contribution in [1.29, 1.82) is 0 Å². The van der Waals surface area contributed by atoms with Gasteiger partial charge in [-0.15, -0.1) is 23.5 Å². The Kier molecular flexibility index (Phi) is 9.56. The van der Waals surface area contributed by atoms with E-state index in [1.807, 2.05) is 0 Å². The average Bonchev–Trinajstić information content (AvgIpc) is 1.97. The zero-order chi connectivity index (χ0) is 7.66. The molecule has 0 saturated heterocycles. The van der Waals surface area contributed by atoms with Gasteiger partial charge in [-0.1, -0.05) is 0 Å². The minimum Gasteiger partial charge on any atom is -0.386 e. The number of carbonyl (C=O) groups is 1. The van der Waals surface area contributed by atoms with Crippen LogP contribution >= 0.6 is 23.5 Å². The lowest BCUT2D eigenvalue weighted by Gasteiger charge is -1.99. The summed E-state index contributed by atoms with van der Waals surface area (Å²) < 4.78 is 0. The molecule has 10 heavy (non-hydrogen) atoms. The topological polar surface area (TPSA) is 49.3 Å². The van der Waals surface area contributed by atoms with Gasteiger partial charge in [0.1, 0.15) is 6.29 Å². The minimum atomic E-state index is 0.144. The summed E-state index contributed by atoms with van der Waals surface area (Å²) in [5, 5.41) is 11.4. The molecule has 3 nitrogen and oxygen atoms in total. The van der Waals surface area contributed by atoms with E-state index in [2.05, 4.69) is 5.32 Å². The van der Waals surface area contributed by atoms with Gasteiger partial charge in [0.2, 0.25) is 0 Å².